The number of ether oxygens (including phenoxy) is 6. The summed E-state index contributed by atoms with van der Waals surface area (Å²) in [5, 5.41) is 74.2. The summed E-state index contributed by atoms with van der Waals surface area (Å²) in [5.41, 5.74) is 13.9. The summed E-state index contributed by atoms with van der Waals surface area (Å²) in [6.45, 7) is 1.42. The van der Waals surface area contributed by atoms with E-state index in [-0.39, 0.29) is 5.11 Å². The molecule has 366 valence electrons. The van der Waals surface area contributed by atoms with Gasteiger partial charge in [-0.3, -0.25) is 4.79 Å². The Morgan fingerprint density at radius 2 is 1.06 bits per heavy atom. The van der Waals surface area contributed by atoms with Crippen LogP contribution in [-0.4, -0.2) is 160 Å². The van der Waals surface area contributed by atoms with Gasteiger partial charge in [0.2, 0.25) is 5.91 Å². The molecular formula is C50H62N4O13S. The molecule has 15 unspecified atom stereocenters. The molecule has 3 aliphatic heterocycles. The number of benzene rings is 4. The minimum Gasteiger partial charge on any atom is -0.394 e. The van der Waals surface area contributed by atoms with Gasteiger partial charge in [-0.05, 0) is 58.1 Å². The molecule has 0 radical (unpaired) electrons. The van der Waals surface area contributed by atoms with Crippen LogP contribution in [0.4, 0.5) is 0 Å². The largest absolute Gasteiger partial charge is 0.394 e. The molecule has 1 amide bonds. The van der Waals surface area contributed by atoms with Crippen molar-refractivity contribution in [1.29, 1.82) is 0 Å². The summed E-state index contributed by atoms with van der Waals surface area (Å²) < 4.78 is 35.5. The number of methoxy groups -OCH3 is 1. The molecule has 0 aliphatic carbocycles. The molecule has 0 bridgehead atoms. The predicted molar refractivity (Wildman–Crippen MR) is 254 cm³/mol. The summed E-state index contributed by atoms with van der Waals surface area (Å²) in [6.07, 6.45) is -15.2. The maximum absolute atomic E-state index is 12.1. The van der Waals surface area contributed by atoms with E-state index in [0.29, 0.717) is 6.54 Å². The van der Waals surface area contributed by atoms with Gasteiger partial charge in [-0.15, -0.1) is 0 Å². The zero-order valence-corrected chi connectivity index (χ0v) is 38.8. The van der Waals surface area contributed by atoms with E-state index in [2.05, 4.69) is 64.5 Å². The van der Waals surface area contributed by atoms with Crippen molar-refractivity contribution in [3.63, 3.8) is 0 Å². The van der Waals surface area contributed by atoms with Crippen molar-refractivity contribution in [1.82, 2.24) is 16.0 Å². The second-order valence-corrected chi connectivity index (χ2v) is 17.5. The van der Waals surface area contributed by atoms with Crippen molar-refractivity contribution in [2.45, 2.75) is 112 Å². The third kappa shape index (κ3) is 11.6. The Bertz CT molecular complexity index is 2220. The van der Waals surface area contributed by atoms with Crippen molar-refractivity contribution >= 4 is 34.4 Å². The minimum absolute atomic E-state index is 0.212. The van der Waals surface area contributed by atoms with E-state index in [0.717, 1.165) is 39.0 Å². The minimum atomic E-state index is -1.61. The van der Waals surface area contributed by atoms with Crippen molar-refractivity contribution in [2.24, 2.45) is 5.73 Å². The van der Waals surface area contributed by atoms with Crippen LogP contribution in [-0.2, 0) is 39.8 Å². The number of aliphatic hydroxyl groups excluding tert-OH is 6. The van der Waals surface area contributed by atoms with Gasteiger partial charge in [0, 0.05) is 20.6 Å². The predicted octanol–water partition coefficient (Wildman–Crippen LogP) is 0.941. The van der Waals surface area contributed by atoms with Gasteiger partial charge < -0.3 is 80.7 Å². The monoisotopic (exact) mass is 958 g/mol. The van der Waals surface area contributed by atoms with Gasteiger partial charge in [0.1, 0.15) is 61.0 Å². The Morgan fingerprint density at radius 3 is 1.56 bits per heavy atom. The Hall–Kier alpha value is -4.74. The lowest BCUT2D eigenvalue weighted by Gasteiger charge is -2.49. The van der Waals surface area contributed by atoms with E-state index in [1.54, 1.807) is 6.92 Å². The van der Waals surface area contributed by atoms with Gasteiger partial charge in [0.15, 0.2) is 17.7 Å². The third-order valence-corrected chi connectivity index (χ3v) is 12.8. The van der Waals surface area contributed by atoms with Crippen molar-refractivity contribution < 1.29 is 63.9 Å². The highest BCUT2D eigenvalue weighted by Crippen LogP contribution is 2.37. The van der Waals surface area contributed by atoms with Crippen LogP contribution in [0.15, 0.2) is 115 Å². The number of amides is 1. The number of aliphatic hydroxyl groups is 6. The van der Waals surface area contributed by atoms with E-state index in [4.69, 9.17) is 46.4 Å². The van der Waals surface area contributed by atoms with Crippen molar-refractivity contribution in [3.05, 3.63) is 143 Å². The fourth-order valence-electron chi connectivity index (χ4n) is 9.11. The topological polar surface area (TPSA) is 256 Å². The molecule has 4 aromatic rings. The van der Waals surface area contributed by atoms with Crippen LogP contribution < -0.4 is 21.7 Å². The first-order chi connectivity index (χ1) is 32.9. The molecule has 0 saturated carbocycles. The Morgan fingerprint density at radius 1 is 0.618 bits per heavy atom. The lowest BCUT2D eigenvalue weighted by molar-refractivity contribution is -0.345. The number of hydrogen-bond donors (Lipinski definition) is 10. The van der Waals surface area contributed by atoms with Crippen LogP contribution in [0.1, 0.15) is 41.7 Å². The maximum atomic E-state index is 12.1. The molecule has 7 rings (SSSR count). The quantitative estimate of drug-likeness (QED) is 0.0554. The Balaban J connectivity index is 1.02. The lowest BCUT2D eigenvalue weighted by atomic mass is 9.85. The van der Waals surface area contributed by atoms with Crippen LogP contribution in [0.5, 0.6) is 0 Å². The number of thiocarbonyl (C=S) groups is 1. The lowest BCUT2D eigenvalue weighted by Crippen LogP contribution is -2.70. The fraction of sp³-hybridized carbons (Fsp3) is 0.440. The van der Waals surface area contributed by atoms with E-state index in [1.807, 2.05) is 66.7 Å². The molecule has 18 heteroatoms. The van der Waals surface area contributed by atoms with Gasteiger partial charge in [0.25, 0.3) is 0 Å². The van der Waals surface area contributed by atoms with Crippen molar-refractivity contribution in [2.75, 3.05) is 26.9 Å². The van der Waals surface area contributed by atoms with Gasteiger partial charge >= 0.3 is 0 Å². The third-order valence-electron chi connectivity index (χ3n) is 12.6. The SMILES string of the molecule is COC1C(CO)OC(OC2C(CO)OC(OC3C(CO)OC(C)C(NC(=S)NCc4ccc(C(=C(c5ccccc5)c5ccccc5)c5ccccc5)cc4)C3O)C(N)C2O)C(NC(C)=O)C1O. The zero-order valence-electron chi connectivity index (χ0n) is 38.0. The molecule has 3 aliphatic rings. The fourth-order valence-corrected chi connectivity index (χ4v) is 9.32. The number of carbonyl (C=O) groups excluding carboxylic acids is 1. The number of hydrogen-bond acceptors (Lipinski definition) is 15. The van der Waals surface area contributed by atoms with Gasteiger partial charge in [-0.2, -0.15) is 0 Å². The number of carbonyl (C=O) groups is 1. The standard InChI is InChI=1S/C50H62N4O13S/c1-27-40(54-50(68)52-23-29-19-21-33(22-20-29)38(32-17-11-6-12-18-32)37(30-13-7-4-8-14-30)31-15-9-5-10-16-31)43(60)47(35(25-56)63-27)66-48-39(51)42(59)46(36(26-57)64-48)67-49-41(53-28(2)58)44(61)45(62-3)34(24-55)65-49/h4-22,27,34-36,39-49,55-57,59-61H,23-26,51H2,1-3H3,(H,53,58)(H2,52,54,68). The molecule has 11 N–H and O–H groups in total. The second-order valence-electron chi connectivity index (χ2n) is 17.1. The summed E-state index contributed by atoms with van der Waals surface area (Å²) in [4.78, 5) is 12.1. The normalized spacial score (nSPS) is 31.6. The molecule has 3 saturated heterocycles. The smallest absolute Gasteiger partial charge is 0.217 e. The van der Waals surface area contributed by atoms with Crippen LogP contribution >= 0.6 is 12.2 Å². The maximum Gasteiger partial charge on any atom is 0.217 e. The highest BCUT2D eigenvalue weighted by Gasteiger charge is 2.53. The van der Waals surface area contributed by atoms with Crippen LogP contribution in [0.3, 0.4) is 0 Å². The summed E-state index contributed by atoms with van der Waals surface area (Å²) in [5.74, 6) is -0.535. The van der Waals surface area contributed by atoms with Crippen LogP contribution in [0.25, 0.3) is 11.1 Å². The molecule has 3 fully saturated rings. The summed E-state index contributed by atoms with van der Waals surface area (Å²) in [6, 6.07) is 35.7. The molecule has 4 aromatic carbocycles. The van der Waals surface area contributed by atoms with E-state index < -0.39 is 117 Å². The van der Waals surface area contributed by atoms with Gasteiger partial charge in [-0.25, -0.2) is 0 Å². The molecule has 3 heterocycles. The number of nitrogens with one attached hydrogen (secondary N) is 3. The van der Waals surface area contributed by atoms with E-state index in [9.17, 15) is 35.4 Å². The zero-order chi connectivity index (χ0) is 48.5. The second kappa shape index (κ2) is 23.7. The highest BCUT2D eigenvalue weighted by atomic mass is 32.1. The van der Waals surface area contributed by atoms with Gasteiger partial charge in [-0.1, -0.05) is 115 Å². The van der Waals surface area contributed by atoms with E-state index >= 15 is 0 Å². The molecular weight excluding hydrogens is 897 g/mol. The Kier molecular flexibility index (Phi) is 17.8. The highest BCUT2D eigenvalue weighted by molar-refractivity contribution is 7.80. The molecule has 68 heavy (non-hydrogen) atoms. The molecule has 17 nitrogen and oxygen atoms in total. The average molecular weight is 959 g/mol. The summed E-state index contributed by atoms with van der Waals surface area (Å²) in [7, 11) is 1.31. The molecule has 0 spiro atoms. The van der Waals surface area contributed by atoms with Gasteiger partial charge in [0.05, 0.1) is 38.0 Å². The number of nitrogens with two attached hydrogens (primary N) is 1. The first-order valence-electron chi connectivity index (χ1n) is 22.6. The van der Waals surface area contributed by atoms with Crippen LogP contribution in [0, 0.1) is 0 Å². The first kappa shape index (κ1) is 51.1. The number of rotatable bonds is 16. The Labute approximate surface area is 400 Å². The average Bonchev–Trinajstić information content (AvgIpc) is 3.36. The molecule has 15 atom stereocenters. The summed E-state index contributed by atoms with van der Waals surface area (Å²) >= 11 is 5.71. The van der Waals surface area contributed by atoms with Crippen molar-refractivity contribution in [3.8, 4) is 0 Å². The van der Waals surface area contributed by atoms with E-state index in [1.165, 1.54) is 14.0 Å². The van der Waals surface area contributed by atoms with Crippen LogP contribution in [0.2, 0.25) is 0 Å². The first-order valence-corrected chi connectivity index (χ1v) is 23.0. The molecule has 0 aromatic heterocycles.